The van der Waals surface area contributed by atoms with E-state index in [0.29, 0.717) is 5.82 Å². The molecule has 0 amide bonds. The third-order valence-corrected chi connectivity index (χ3v) is 11.3. The van der Waals surface area contributed by atoms with Crippen LogP contribution in [0.25, 0.3) is 98.2 Å². The Morgan fingerprint density at radius 2 is 0.868 bits per heavy atom. The van der Waals surface area contributed by atoms with Crippen molar-refractivity contribution in [3.05, 3.63) is 194 Å². The molecule has 0 saturated heterocycles. The summed E-state index contributed by atoms with van der Waals surface area (Å²) in [6.07, 6.45) is 0. The zero-order valence-corrected chi connectivity index (χ0v) is 29.6. The Morgan fingerprint density at radius 3 is 1.58 bits per heavy atom. The van der Waals surface area contributed by atoms with Crippen molar-refractivity contribution >= 4 is 42.3 Å². The number of thiophene rings is 1. The molecule has 248 valence electrons. The van der Waals surface area contributed by atoms with Crippen LogP contribution in [-0.4, -0.2) is 9.97 Å². The van der Waals surface area contributed by atoms with Crippen molar-refractivity contribution in [2.45, 2.75) is 0 Å². The average Bonchev–Trinajstić information content (AvgIpc) is 3.63. The third-order valence-electron chi connectivity index (χ3n) is 10.1. The smallest absolute Gasteiger partial charge is 0.160 e. The lowest BCUT2D eigenvalue weighted by Gasteiger charge is -2.14. The molecule has 2 aromatic heterocycles. The first kappa shape index (κ1) is 31.1. The van der Waals surface area contributed by atoms with Gasteiger partial charge >= 0.3 is 0 Å². The van der Waals surface area contributed by atoms with Crippen LogP contribution < -0.4 is 0 Å². The van der Waals surface area contributed by atoms with Crippen LogP contribution in [0.2, 0.25) is 0 Å². The number of rotatable bonds is 6. The Bertz CT molecular complexity index is 2870. The number of benzene rings is 8. The van der Waals surface area contributed by atoms with Gasteiger partial charge in [0.25, 0.3) is 0 Å². The van der Waals surface area contributed by atoms with E-state index < -0.39 is 0 Å². The summed E-state index contributed by atoms with van der Waals surface area (Å²) < 4.78 is 2.59. The lowest BCUT2D eigenvalue weighted by atomic mass is 9.92. The van der Waals surface area contributed by atoms with E-state index in [2.05, 4.69) is 170 Å². The fourth-order valence-electron chi connectivity index (χ4n) is 7.38. The molecule has 10 rings (SSSR count). The Labute approximate surface area is 312 Å². The molecule has 0 aliphatic heterocycles. The molecular weight excluding hydrogens is 661 g/mol. The van der Waals surface area contributed by atoms with Crippen LogP contribution in [0.5, 0.6) is 0 Å². The molecule has 10 aromatic rings. The third kappa shape index (κ3) is 5.87. The van der Waals surface area contributed by atoms with Gasteiger partial charge in [0.1, 0.15) is 0 Å². The topological polar surface area (TPSA) is 25.8 Å². The Morgan fingerprint density at radius 1 is 0.321 bits per heavy atom. The van der Waals surface area contributed by atoms with Crippen LogP contribution in [0.3, 0.4) is 0 Å². The van der Waals surface area contributed by atoms with Gasteiger partial charge < -0.3 is 0 Å². The van der Waals surface area contributed by atoms with Crippen molar-refractivity contribution in [3.8, 4) is 67.3 Å². The molecule has 0 unspecified atom stereocenters. The van der Waals surface area contributed by atoms with E-state index in [0.717, 1.165) is 44.8 Å². The molecular formula is C50H32N2S. The zero-order valence-electron chi connectivity index (χ0n) is 28.8. The summed E-state index contributed by atoms with van der Waals surface area (Å²) in [5.41, 5.74) is 12.0. The highest BCUT2D eigenvalue weighted by Crippen LogP contribution is 2.42. The highest BCUT2D eigenvalue weighted by molar-refractivity contribution is 7.26. The van der Waals surface area contributed by atoms with Crippen LogP contribution in [0, 0.1) is 0 Å². The maximum Gasteiger partial charge on any atom is 0.160 e. The lowest BCUT2D eigenvalue weighted by Crippen LogP contribution is -1.96. The fourth-order valence-corrected chi connectivity index (χ4v) is 8.61. The Hall–Kier alpha value is -6.68. The minimum Gasteiger partial charge on any atom is -0.228 e. The predicted octanol–water partition coefficient (Wildman–Crippen LogP) is 14.0. The van der Waals surface area contributed by atoms with Gasteiger partial charge in [-0.2, -0.15) is 0 Å². The summed E-state index contributed by atoms with van der Waals surface area (Å²) in [5.74, 6) is 0.709. The molecule has 2 heterocycles. The van der Waals surface area contributed by atoms with Crippen molar-refractivity contribution in [2.24, 2.45) is 0 Å². The van der Waals surface area contributed by atoms with E-state index in [-0.39, 0.29) is 0 Å². The summed E-state index contributed by atoms with van der Waals surface area (Å²) in [7, 11) is 0. The first-order valence-corrected chi connectivity index (χ1v) is 18.7. The Kier molecular flexibility index (Phi) is 7.71. The Balaban J connectivity index is 1.19. The van der Waals surface area contributed by atoms with Crippen LogP contribution in [0.4, 0.5) is 0 Å². The van der Waals surface area contributed by atoms with Crippen LogP contribution >= 0.6 is 11.3 Å². The largest absolute Gasteiger partial charge is 0.228 e. The first-order valence-electron chi connectivity index (χ1n) is 17.9. The molecule has 8 aromatic carbocycles. The molecule has 0 bridgehead atoms. The van der Waals surface area contributed by atoms with Gasteiger partial charge in [0.15, 0.2) is 5.82 Å². The molecule has 0 aliphatic rings. The number of fused-ring (bicyclic) bond motifs is 4. The van der Waals surface area contributed by atoms with Crippen molar-refractivity contribution in [1.29, 1.82) is 0 Å². The molecule has 0 fully saturated rings. The van der Waals surface area contributed by atoms with Crippen LogP contribution in [-0.2, 0) is 0 Å². The molecule has 2 nitrogen and oxygen atoms in total. The van der Waals surface area contributed by atoms with Gasteiger partial charge in [-0.05, 0) is 86.6 Å². The molecule has 0 radical (unpaired) electrons. The van der Waals surface area contributed by atoms with Gasteiger partial charge in [0.05, 0.1) is 11.4 Å². The SMILES string of the molecule is c1ccc(-c2ccc3cc(-c4cc(-c5cc(-c6ccccc6)nc(-c6ccccc6)n5)cc(-c5cccc6c5sc5ccccc56)c4)ccc3c2)cc1. The van der Waals surface area contributed by atoms with Gasteiger partial charge in [0, 0.05) is 36.9 Å². The van der Waals surface area contributed by atoms with E-state index in [4.69, 9.17) is 9.97 Å². The van der Waals surface area contributed by atoms with Crippen LogP contribution in [0.15, 0.2) is 194 Å². The minimum absolute atomic E-state index is 0.709. The lowest BCUT2D eigenvalue weighted by molar-refractivity contribution is 1.18. The molecule has 0 spiro atoms. The monoisotopic (exact) mass is 692 g/mol. The summed E-state index contributed by atoms with van der Waals surface area (Å²) in [5, 5.41) is 5.01. The van der Waals surface area contributed by atoms with E-state index in [1.54, 1.807) is 0 Å². The van der Waals surface area contributed by atoms with E-state index >= 15 is 0 Å². The molecule has 3 heteroatoms. The summed E-state index contributed by atoms with van der Waals surface area (Å²) in [6, 6.07) is 69.3. The van der Waals surface area contributed by atoms with Crippen LogP contribution in [0.1, 0.15) is 0 Å². The second-order valence-corrected chi connectivity index (χ2v) is 14.5. The van der Waals surface area contributed by atoms with Gasteiger partial charge in [-0.1, -0.05) is 152 Å². The molecule has 53 heavy (non-hydrogen) atoms. The van der Waals surface area contributed by atoms with Crippen molar-refractivity contribution in [3.63, 3.8) is 0 Å². The maximum atomic E-state index is 5.25. The summed E-state index contributed by atoms with van der Waals surface area (Å²) in [6.45, 7) is 0. The fraction of sp³-hybridized carbons (Fsp3) is 0. The first-order chi connectivity index (χ1) is 26.2. The van der Waals surface area contributed by atoms with Crippen molar-refractivity contribution in [1.82, 2.24) is 9.97 Å². The molecule has 0 aliphatic carbocycles. The normalized spacial score (nSPS) is 11.4. The number of nitrogens with zero attached hydrogens (tertiary/aromatic N) is 2. The molecule has 0 saturated carbocycles. The van der Waals surface area contributed by atoms with Crippen molar-refractivity contribution in [2.75, 3.05) is 0 Å². The number of aromatic nitrogens is 2. The van der Waals surface area contributed by atoms with E-state index in [9.17, 15) is 0 Å². The highest BCUT2D eigenvalue weighted by atomic mass is 32.1. The minimum atomic E-state index is 0.709. The average molecular weight is 693 g/mol. The van der Waals surface area contributed by atoms with Gasteiger partial charge in [-0.3, -0.25) is 0 Å². The zero-order chi connectivity index (χ0) is 35.1. The number of hydrogen-bond acceptors (Lipinski definition) is 3. The van der Waals surface area contributed by atoms with Gasteiger partial charge in [-0.25, -0.2) is 9.97 Å². The van der Waals surface area contributed by atoms with Crippen molar-refractivity contribution < 1.29 is 0 Å². The standard InChI is InChI=1S/C50H32N2S/c1-4-13-33(14-5-1)36-23-24-38-28-39(26-25-37(38)27-36)40-29-41(43-20-12-21-45-44-19-10-11-22-48(44)53-49(43)45)31-42(30-40)47-32-46(34-15-6-2-7-16-34)51-50(52-47)35-17-8-3-9-18-35/h1-32H. The van der Waals surface area contributed by atoms with E-state index in [1.165, 1.54) is 47.6 Å². The summed E-state index contributed by atoms with van der Waals surface area (Å²) in [4.78, 5) is 10.3. The van der Waals surface area contributed by atoms with Gasteiger partial charge in [0.2, 0.25) is 0 Å². The summed E-state index contributed by atoms with van der Waals surface area (Å²) >= 11 is 1.86. The number of hydrogen-bond donors (Lipinski definition) is 0. The highest BCUT2D eigenvalue weighted by Gasteiger charge is 2.16. The maximum absolute atomic E-state index is 5.25. The molecule has 0 atom stereocenters. The van der Waals surface area contributed by atoms with Gasteiger partial charge in [-0.15, -0.1) is 11.3 Å². The second kappa shape index (κ2) is 13.1. The van der Waals surface area contributed by atoms with E-state index in [1.807, 2.05) is 35.6 Å². The second-order valence-electron chi connectivity index (χ2n) is 13.4. The molecule has 0 N–H and O–H groups in total. The quantitative estimate of drug-likeness (QED) is 0.173. The predicted molar refractivity (Wildman–Crippen MR) is 225 cm³/mol.